The summed E-state index contributed by atoms with van der Waals surface area (Å²) in [6.07, 6.45) is 6.31. The number of likely N-dealkylation sites (N-methyl/N-ethyl adjacent to an activating group) is 2. The van der Waals surface area contributed by atoms with Crippen LogP contribution in [0, 0.1) is 0 Å². The summed E-state index contributed by atoms with van der Waals surface area (Å²) in [5, 5.41) is 10.5. The van der Waals surface area contributed by atoms with Crippen LogP contribution in [0.2, 0.25) is 0 Å². The van der Waals surface area contributed by atoms with Crippen molar-refractivity contribution in [3.63, 3.8) is 0 Å². The van der Waals surface area contributed by atoms with E-state index in [1.807, 2.05) is 24.3 Å². The number of carbonyl (C=O) groups is 1. The quantitative estimate of drug-likeness (QED) is 0.336. The third-order valence-corrected chi connectivity index (χ3v) is 5.89. The maximum absolute atomic E-state index is 12.4. The van der Waals surface area contributed by atoms with E-state index in [9.17, 15) is 9.90 Å². The second-order valence-corrected chi connectivity index (χ2v) is 8.09. The Morgan fingerprint density at radius 3 is 2.09 bits per heavy atom. The molecule has 0 spiro atoms. The van der Waals surface area contributed by atoms with Crippen LogP contribution in [0.15, 0.2) is 54.6 Å². The van der Waals surface area contributed by atoms with Gasteiger partial charge in [0.25, 0.3) is 0 Å². The fourth-order valence-corrected chi connectivity index (χ4v) is 3.56. The summed E-state index contributed by atoms with van der Waals surface area (Å²) in [4.78, 5) is 16.9. The van der Waals surface area contributed by atoms with Crippen molar-refractivity contribution in [3.05, 3.63) is 65.7 Å². The summed E-state index contributed by atoms with van der Waals surface area (Å²) in [6, 6.07) is 13.0. The van der Waals surface area contributed by atoms with Gasteiger partial charge >= 0.3 is 0 Å². The number of phenolic OH excluding ortho intramolecular Hbond substituents is 1. The fourth-order valence-electron chi connectivity index (χ4n) is 3.56. The standard InChI is InChI=1S/C29H40N2O4/c1-5-30(6-2)19-21-34-27-13-9-11-24(23-27)15-17-26(32)18-16-25-12-10-14-28(29(25)33)35-22-20-31(7-3)8-4/h9-18,23,33H,5-8,19-22H2,1-4H3/b17-15+,18-16+. The van der Waals surface area contributed by atoms with Crippen molar-refractivity contribution in [1.29, 1.82) is 0 Å². The molecule has 0 aliphatic carbocycles. The zero-order valence-corrected chi connectivity index (χ0v) is 21.6. The van der Waals surface area contributed by atoms with E-state index in [2.05, 4.69) is 37.5 Å². The van der Waals surface area contributed by atoms with Gasteiger partial charge in [-0.2, -0.15) is 0 Å². The first-order valence-electron chi connectivity index (χ1n) is 12.5. The molecular formula is C29H40N2O4. The molecule has 0 heterocycles. The Labute approximate surface area is 210 Å². The topological polar surface area (TPSA) is 62.2 Å². The van der Waals surface area contributed by atoms with E-state index in [-0.39, 0.29) is 11.5 Å². The average molecular weight is 481 g/mol. The lowest BCUT2D eigenvalue weighted by Crippen LogP contribution is -2.27. The highest BCUT2D eigenvalue weighted by Crippen LogP contribution is 2.30. The lowest BCUT2D eigenvalue weighted by molar-refractivity contribution is -0.110. The van der Waals surface area contributed by atoms with Crippen LogP contribution < -0.4 is 9.47 Å². The number of ketones is 1. The van der Waals surface area contributed by atoms with Crippen molar-refractivity contribution in [1.82, 2.24) is 9.80 Å². The SMILES string of the molecule is CCN(CC)CCOc1cccc(/C=C/C(=O)/C=C/c2cccc(OCCN(CC)CC)c2O)c1. The Morgan fingerprint density at radius 2 is 1.43 bits per heavy atom. The van der Waals surface area contributed by atoms with Crippen LogP contribution >= 0.6 is 0 Å². The predicted octanol–water partition coefficient (Wildman–Crippen LogP) is 5.13. The van der Waals surface area contributed by atoms with E-state index in [0.717, 1.165) is 50.6 Å². The molecule has 0 aromatic heterocycles. The third kappa shape index (κ3) is 9.97. The molecular weight excluding hydrogens is 440 g/mol. The molecule has 0 bridgehead atoms. The number of ether oxygens (including phenoxy) is 2. The number of para-hydroxylation sites is 1. The van der Waals surface area contributed by atoms with Gasteiger partial charge in [-0.3, -0.25) is 4.79 Å². The third-order valence-electron chi connectivity index (χ3n) is 5.89. The van der Waals surface area contributed by atoms with Crippen molar-refractivity contribution in [3.8, 4) is 17.2 Å². The molecule has 190 valence electrons. The van der Waals surface area contributed by atoms with Gasteiger partial charge in [0.1, 0.15) is 19.0 Å². The van der Waals surface area contributed by atoms with Crippen LogP contribution in [0.5, 0.6) is 17.2 Å². The molecule has 0 atom stereocenters. The molecule has 0 saturated heterocycles. The van der Waals surface area contributed by atoms with Gasteiger partial charge in [0, 0.05) is 18.7 Å². The van der Waals surface area contributed by atoms with Gasteiger partial charge in [0.2, 0.25) is 0 Å². The molecule has 2 aromatic carbocycles. The lowest BCUT2D eigenvalue weighted by Gasteiger charge is -2.18. The molecule has 0 aliphatic heterocycles. The number of nitrogens with zero attached hydrogens (tertiary/aromatic N) is 2. The molecule has 0 saturated carbocycles. The first-order chi connectivity index (χ1) is 17.0. The first-order valence-corrected chi connectivity index (χ1v) is 12.5. The van der Waals surface area contributed by atoms with Gasteiger partial charge in [-0.25, -0.2) is 0 Å². The number of carbonyl (C=O) groups excluding carboxylic acids is 1. The summed E-state index contributed by atoms with van der Waals surface area (Å²) in [6.45, 7) is 15.2. The summed E-state index contributed by atoms with van der Waals surface area (Å²) < 4.78 is 11.6. The molecule has 6 nitrogen and oxygen atoms in total. The normalized spacial score (nSPS) is 11.7. The Bertz CT molecular complexity index is 963. The summed E-state index contributed by atoms with van der Waals surface area (Å²) in [5.74, 6) is 1.06. The first kappa shape index (κ1) is 28.1. The molecule has 6 heteroatoms. The second kappa shape index (κ2) is 15.7. The van der Waals surface area contributed by atoms with Crippen LogP contribution in [0.1, 0.15) is 38.8 Å². The number of aromatic hydroxyl groups is 1. The lowest BCUT2D eigenvalue weighted by atomic mass is 10.1. The summed E-state index contributed by atoms with van der Waals surface area (Å²) in [5.41, 5.74) is 1.43. The van der Waals surface area contributed by atoms with Crippen molar-refractivity contribution < 1.29 is 19.4 Å². The highest BCUT2D eigenvalue weighted by Gasteiger charge is 2.07. The summed E-state index contributed by atoms with van der Waals surface area (Å²) >= 11 is 0. The summed E-state index contributed by atoms with van der Waals surface area (Å²) in [7, 11) is 0. The molecule has 1 N–H and O–H groups in total. The average Bonchev–Trinajstić information content (AvgIpc) is 2.88. The Kier molecular flexibility index (Phi) is 12.7. The fraction of sp³-hybridized carbons (Fsp3) is 0.414. The second-order valence-electron chi connectivity index (χ2n) is 8.09. The van der Waals surface area contributed by atoms with Gasteiger partial charge in [-0.15, -0.1) is 0 Å². The van der Waals surface area contributed by atoms with Gasteiger partial charge in [-0.05, 0) is 68.2 Å². The van der Waals surface area contributed by atoms with Crippen LogP contribution in [0.4, 0.5) is 0 Å². The number of hydrogen-bond donors (Lipinski definition) is 1. The van der Waals surface area contributed by atoms with E-state index < -0.39 is 0 Å². The number of allylic oxidation sites excluding steroid dienone is 2. The number of rotatable bonds is 16. The molecule has 0 radical (unpaired) electrons. The maximum Gasteiger partial charge on any atom is 0.178 e. The molecule has 2 rings (SSSR count). The van der Waals surface area contributed by atoms with Gasteiger partial charge in [0.05, 0.1) is 0 Å². The maximum atomic E-state index is 12.4. The van der Waals surface area contributed by atoms with Gasteiger partial charge in [0.15, 0.2) is 17.3 Å². The number of benzene rings is 2. The molecule has 0 amide bonds. The van der Waals surface area contributed by atoms with Gasteiger partial charge < -0.3 is 24.4 Å². The number of hydrogen-bond acceptors (Lipinski definition) is 6. The van der Waals surface area contributed by atoms with E-state index in [1.54, 1.807) is 30.4 Å². The zero-order chi connectivity index (χ0) is 25.5. The predicted molar refractivity (Wildman–Crippen MR) is 144 cm³/mol. The monoisotopic (exact) mass is 480 g/mol. The molecule has 0 fully saturated rings. The minimum absolute atomic E-state index is 0.0367. The van der Waals surface area contributed by atoms with Crippen LogP contribution in [-0.2, 0) is 4.79 Å². The smallest absolute Gasteiger partial charge is 0.178 e. The Hall–Kier alpha value is -3.09. The zero-order valence-electron chi connectivity index (χ0n) is 21.6. The van der Waals surface area contributed by atoms with E-state index in [4.69, 9.17) is 9.47 Å². The minimum Gasteiger partial charge on any atom is -0.504 e. The highest BCUT2D eigenvalue weighted by molar-refractivity contribution is 6.04. The van der Waals surface area contributed by atoms with E-state index in [1.165, 1.54) is 12.2 Å². The molecule has 35 heavy (non-hydrogen) atoms. The van der Waals surface area contributed by atoms with Crippen molar-refractivity contribution in [2.75, 3.05) is 52.5 Å². The number of phenols is 1. The largest absolute Gasteiger partial charge is 0.504 e. The highest BCUT2D eigenvalue weighted by atomic mass is 16.5. The minimum atomic E-state index is -0.176. The Morgan fingerprint density at radius 1 is 0.829 bits per heavy atom. The van der Waals surface area contributed by atoms with Crippen molar-refractivity contribution in [2.24, 2.45) is 0 Å². The van der Waals surface area contributed by atoms with E-state index >= 15 is 0 Å². The van der Waals surface area contributed by atoms with Crippen molar-refractivity contribution >= 4 is 17.9 Å². The van der Waals surface area contributed by atoms with Crippen LogP contribution in [-0.4, -0.2) is 73.2 Å². The molecule has 0 unspecified atom stereocenters. The Balaban J connectivity index is 1.92. The van der Waals surface area contributed by atoms with E-state index in [0.29, 0.717) is 24.5 Å². The van der Waals surface area contributed by atoms with Crippen LogP contribution in [0.25, 0.3) is 12.2 Å². The van der Waals surface area contributed by atoms with Crippen molar-refractivity contribution in [2.45, 2.75) is 27.7 Å². The van der Waals surface area contributed by atoms with Crippen LogP contribution in [0.3, 0.4) is 0 Å². The molecule has 0 aliphatic rings. The molecule has 2 aromatic rings. The van der Waals surface area contributed by atoms with Gasteiger partial charge in [-0.1, -0.05) is 58.0 Å².